The molecule has 2 aromatic rings. The highest BCUT2D eigenvalue weighted by molar-refractivity contribution is 6.47. The first-order valence-electron chi connectivity index (χ1n) is 10.8. The molecule has 1 aliphatic heterocycles. The monoisotopic (exact) mass is 455 g/mol. The van der Waals surface area contributed by atoms with Gasteiger partial charge in [-0.3, -0.25) is 9.59 Å². The van der Waals surface area contributed by atoms with E-state index in [1.165, 1.54) is 0 Å². The van der Waals surface area contributed by atoms with Gasteiger partial charge < -0.3 is 19.5 Å². The fourth-order valence-corrected chi connectivity index (χ4v) is 4.82. The van der Waals surface area contributed by atoms with E-state index < -0.39 is 17.7 Å². The smallest absolute Gasteiger partial charge is 0.295 e. The summed E-state index contributed by atoms with van der Waals surface area (Å²) in [5, 5.41) is 11.6. The fraction of sp³-hybridized carbons (Fsp3) is 0.360. The molecule has 1 N–H and O–H groups in total. The van der Waals surface area contributed by atoms with Crippen molar-refractivity contribution in [3.8, 4) is 11.5 Å². The summed E-state index contributed by atoms with van der Waals surface area (Å²) in [5.74, 6) is -0.399. The van der Waals surface area contributed by atoms with Gasteiger partial charge in [0.05, 0.1) is 30.4 Å². The van der Waals surface area contributed by atoms with Gasteiger partial charge in [-0.2, -0.15) is 0 Å². The van der Waals surface area contributed by atoms with Crippen LogP contribution >= 0.6 is 11.6 Å². The summed E-state index contributed by atoms with van der Waals surface area (Å²) in [5.41, 5.74) is 1.04. The van der Waals surface area contributed by atoms with Crippen molar-refractivity contribution in [3.63, 3.8) is 0 Å². The molecular formula is C25H26ClNO5. The Hall–Kier alpha value is -2.99. The third-order valence-corrected chi connectivity index (χ3v) is 6.46. The highest BCUT2D eigenvalue weighted by atomic mass is 35.5. The van der Waals surface area contributed by atoms with Crippen LogP contribution in [0.1, 0.15) is 49.8 Å². The van der Waals surface area contributed by atoms with Crippen LogP contribution in [0.25, 0.3) is 5.76 Å². The van der Waals surface area contributed by atoms with Gasteiger partial charge >= 0.3 is 0 Å². The van der Waals surface area contributed by atoms with E-state index in [9.17, 15) is 14.7 Å². The van der Waals surface area contributed by atoms with Gasteiger partial charge in [0, 0.05) is 11.6 Å². The molecule has 2 fully saturated rings. The number of benzene rings is 2. The van der Waals surface area contributed by atoms with Crippen molar-refractivity contribution in [3.05, 3.63) is 64.2 Å². The highest BCUT2D eigenvalue weighted by Gasteiger charge is 2.49. The molecule has 1 saturated carbocycles. The molecule has 0 radical (unpaired) electrons. The molecule has 7 heteroatoms. The SMILES string of the molecule is CCOc1ccc(Cl)c(/C(O)=C2\C(=O)C(=O)N(C3CCCC3)C2c2ccc(OC)cc2)c1. The molecular weight excluding hydrogens is 430 g/mol. The average molecular weight is 456 g/mol. The summed E-state index contributed by atoms with van der Waals surface area (Å²) in [6.45, 7) is 2.30. The summed E-state index contributed by atoms with van der Waals surface area (Å²) >= 11 is 6.37. The van der Waals surface area contributed by atoms with E-state index in [-0.39, 0.29) is 28.0 Å². The van der Waals surface area contributed by atoms with Crippen molar-refractivity contribution >= 4 is 29.1 Å². The summed E-state index contributed by atoms with van der Waals surface area (Å²) < 4.78 is 10.8. The van der Waals surface area contributed by atoms with Gasteiger partial charge in [0.25, 0.3) is 11.7 Å². The Kier molecular flexibility index (Phi) is 6.42. The lowest BCUT2D eigenvalue weighted by Crippen LogP contribution is -2.37. The summed E-state index contributed by atoms with van der Waals surface area (Å²) in [7, 11) is 1.58. The molecule has 1 saturated heterocycles. The Morgan fingerprint density at radius 1 is 1.09 bits per heavy atom. The number of aliphatic hydroxyl groups is 1. The molecule has 0 aromatic heterocycles. The second kappa shape index (κ2) is 9.25. The largest absolute Gasteiger partial charge is 0.507 e. The minimum absolute atomic E-state index is 0.0441. The number of nitrogens with zero attached hydrogens (tertiary/aromatic N) is 1. The average Bonchev–Trinajstić information content (AvgIpc) is 3.42. The molecule has 1 unspecified atom stereocenters. The van der Waals surface area contributed by atoms with Crippen LogP contribution in [0.4, 0.5) is 0 Å². The molecule has 0 spiro atoms. The summed E-state index contributed by atoms with van der Waals surface area (Å²) in [4.78, 5) is 28.0. The minimum atomic E-state index is -0.701. The minimum Gasteiger partial charge on any atom is -0.507 e. The van der Waals surface area contributed by atoms with E-state index in [1.54, 1.807) is 42.3 Å². The third-order valence-electron chi connectivity index (χ3n) is 6.13. The number of hydrogen-bond donors (Lipinski definition) is 1. The molecule has 2 aromatic carbocycles. The topological polar surface area (TPSA) is 76.1 Å². The molecule has 0 bridgehead atoms. The van der Waals surface area contributed by atoms with E-state index in [4.69, 9.17) is 21.1 Å². The quantitative estimate of drug-likeness (QED) is 0.372. The number of likely N-dealkylation sites (tertiary alicyclic amines) is 1. The van der Waals surface area contributed by atoms with E-state index in [1.807, 2.05) is 19.1 Å². The van der Waals surface area contributed by atoms with Crippen molar-refractivity contribution in [2.24, 2.45) is 0 Å². The van der Waals surface area contributed by atoms with E-state index in [2.05, 4.69) is 0 Å². The van der Waals surface area contributed by atoms with Gasteiger partial charge in [-0.15, -0.1) is 0 Å². The number of ether oxygens (including phenoxy) is 2. The normalized spacial score (nSPS) is 20.7. The number of halogens is 1. The van der Waals surface area contributed by atoms with Gasteiger partial charge in [-0.25, -0.2) is 0 Å². The van der Waals surface area contributed by atoms with Crippen molar-refractivity contribution < 1.29 is 24.2 Å². The second-order valence-corrected chi connectivity index (χ2v) is 8.40. The van der Waals surface area contributed by atoms with Crippen LogP contribution in [0.2, 0.25) is 5.02 Å². The van der Waals surface area contributed by atoms with Gasteiger partial charge in [0.1, 0.15) is 17.3 Å². The molecule has 2 aliphatic rings. The Morgan fingerprint density at radius 3 is 2.38 bits per heavy atom. The first kappa shape index (κ1) is 22.2. The lowest BCUT2D eigenvalue weighted by atomic mass is 9.94. The zero-order valence-corrected chi connectivity index (χ0v) is 18.9. The number of carbonyl (C=O) groups excluding carboxylic acids is 2. The molecule has 32 heavy (non-hydrogen) atoms. The highest BCUT2D eigenvalue weighted by Crippen LogP contribution is 2.44. The number of methoxy groups -OCH3 is 1. The Morgan fingerprint density at radius 2 is 1.75 bits per heavy atom. The third kappa shape index (κ3) is 3.95. The first-order chi connectivity index (χ1) is 15.5. The first-order valence-corrected chi connectivity index (χ1v) is 11.2. The summed E-state index contributed by atoms with van der Waals surface area (Å²) in [6, 6.07) is 11.4. The predicted octanol–water partition coefficient (Wildman–Crippen LogP) is 5.11. The maximum Gasteiger partial charge on any atom is 0.295 e. The molecule has 1 amide bonds. The van der Waals surface area contributed by atoms with Crippen LogP contribution in [-0.4, -0.2) is 41.5 Å². The van der Waals surface area contributed by atoms with Crippen LogP contribution in [0.5, 0.6) is 11.5 Å². The predicted molar refractivity (Wildman–Crippen MR) is 122 cm³/mol. The number of rotatable bonds is 6. The fourth-order valence-electron chi connectivity index (χ4n) is 4.61. The molecule has 168 valence electrons. The zero-order chi connectivity index (χ0) is 22.8. The van der Waals surface area contributed by atoms with Crippen LogP contribution in [0.15, 0.2) is 48.0 Å². The van der Waals surface area contributed by atoms with E-state index in [0.717, 1.165) is 31.2 Å². The van der Waals surface area contributed by atoms with Gasteiger partial charge in [-0.05, 0) is 55.7 Å². The van der Waals surface area contributed by atoms with Gasteiger partial charge in [0.15, 0.2) is 0 Å². The lowest BCUT2D eigenvalue weighted by Gasteiger charge is -2.30. The number of Topliss-reactive ketones (excluding diaryl/α,β-unsaturated/α-hetero) is 1. The van der Waals surface area contributed by atoms with E-state index >= 15 is 0 Å². The lowest BCUT2D eigenvalue weighted by molar-refractivity contribution is -0.141. The van der Waals surface area contributed by atoms with Crippen LogP contribution in [0.3, 0.4) is 0 Å². The van der Waals surface area contributed by atoms with E-state index in [0.29, 0.717) is 18.1 Å². The zero-order valence-electron chi connectivity index (χ0n) is 18.1. The Bertz CT molecular complexity index is 1060. The molecule has 1 atom stereocenters. The maximum absolute atomic E-state index is 13.2. The van der Waals surface area contributed by atoms with Gasteiger partial charge in [0.2, 0.25) is 0 Å². The summed E-state index contributed by atoms with van der Waals surface area (Å²) in [6.07, 6.45) is 3.68. The van der Waals surface area contributed by atoms with Crippen molar-refractivity contribution in [2.75, 3.05) is 13.7 Å². The van der Waals surface area contributed by atoms with Crippen molar-refractivity contribution in [1.29, 1.82) is 0 Å². The number of ketones is 1. The molecule has 1 aliphatic carbocycles. The number of aliphatic hydroxyl groups excluding tert-OH is 1. The van der Waals surface area contributed by atoms with Crippen LogP contribution in [-0.2, 0) is 9.59 Å². The van der Waals surface area contributed by atoms with Gasteiger partial charge in [-0.1, -0.05) is 36.6 Å². The number of carbonyl (C=O) groups is 2. The Labute approximate surface area is 192 Å². The van der Waals surface area contributed by atoms with Crippen LogP contribution < -0.4 is 9.47 Å². The molecule has 4 rings (SSSR count). The Balaban J connectivity index is 1.88. The van der Waals surface area contributed by atoms with Crippen LogP contribution in [0, 0.1) is 0 Å². The standard InChI is InChI=1S/C25H26ClNO5/c1-3-32-18-12-13-20(26)19(14-18)23(28)21-22(15-8-10-17(31-2)11-9-15)27(25(30)24(21)29)16-6-4-5-7-16/h8-14,16,22,28H,3-7H2,1-2H3/b23-21+. The van der Waals surface area contributed by atoms with Crippen molar-refractivity contribution in [1.82, 2.24) is 4.90 Å². The number of amides is 1. The maximum atomic E-state index is 13.2. The molecule has 1 heterocycles. The second-order valence-electron chi connectivity index (χ2n) is 7.99. The molecule has 6 nitrogen and oxygen atoms in total. The van der Waals surface area contributed by atoms with Crippen molar-refractivity contribution in [2.45, 2.75) is 44.7 Å². The number of hydrogen-bond acceptors (Lipinski definition) is 5.